The smallest absolute Gasteiger partial charge is 0.290 e. The molecule has 7 heteroatoms. The summed E-state index contributed by atoms with van der Waals surface area (Å²) in [4.78, 5) is 12.8. The second-order valence-corrected chi connectivity index (χ2v) is 4.02. The lowest BCUT2D eigenvalue weighted by atomic mass is 10.5. The van der Waals surface area contributed by atoms with Gasteiger partial charge >= 0.3 is 0 Å². The molecule has 0 saturated heterocycles. The molecular weight excluding hydrogens is 230 g/mol. The van der Waals surface area contributed by atoms with E-state index in [-0.39, 0.29) is 16.4 Å². The monoisotopic (exact) mass is 239 g/mol. The molecule has 0 N–H and O–H groups in total. The zero-order chi connectivity index (χ0) is 11.5. The van der Waals surface area contributed by atoms with Gasteiger partial charge in [0, 0.05) is 25.9 Å². The quantitative estimate of drug-likeness (QED) is 0.747. The molecule has 0 aliphatic carbocycles. The molecule has 0 aromatic carbocycles. The van der Waals surface area contributed by atoms with Gasteiger partial charge in [0.15, 0.2) is 5.76 Å². The SMILES string of the molecule is CN(C)C(=O)Sc1nnc(-c2ccco2)o1. The van der Waals surface area contributed by atoms with Gasteiger partial charge in [-0.2, -0.15) is 0 Å². The van der Waals surface area contributed by atoms with Crippen molar-refractivity contribution in [2.45, 2.75) is 5.22 Å². The van der Waals surface area contributed by atoms with E-state index in [2.05, 4.69) is 10.2 Å². The highest BCUT2D eigenvalue weighted by molar-refractivity contribution is 8.13. The van der Waals surface area contributed by atoms with Crippen molar-refractivity contribution in [2.75, 3.05) is 14.1 Å². The molecule has 0 atom stereocenters. The fourth-order valence-corrected chi connectivity index (χ4v) is 1.45. The third kappa shape index (κ3) is 2.25. The number of hydrogen-bond acceptors (Lipinski definition) is 6. The number of nitrogens with zero attached hydrogens (tertiary/aromatic N) is 3. The average molecular weight is 239 g/mol. The van der Waals surface area contributed by atoms with Crippen LogP contribution in [0.25, 0.3) is 11.7 Å². The highest BCUT2D eigenvalue weighted by atomic mass is 32.2. The van der Waals surface area contributed by atoms with Crippen molar-refractivity contribution in [1.82, 2.24) is 15.1 Å². The predicted octanol–water partition coefficient (Wildman–Crippen LogP) is 2.10. The highest BCUT2D eigenvalue weighted by Gasteiger charge is 2.15. The third-order valence-electron chi connectivity index (χ3n) is 1.68. The molecule has 84 valence electrons. The predicted molar refractivity (Wildman–Crippen MR) is 56.9 cm³/mol. The normalized spacial score (nSPS) is 10.4. The maximum absolute atomic E-state index is 11.3. The molecule has 2 aromatic heterocycles. The van der Waals surface area contributed by atoms with Crippen molar-refractivity contribution in [1.29, 1.82) is 0 Å². The van der Waals surface area contributed by atoms with Crippen molar-refractivity contribution in [3.05, 3.63) is 18.4 Å². The van der Waals surface area contributed by atoms with Crippen LogP contribution in [-0.4, -0.2) is 34.4 Å². The van der Waals surface area contributed by atoms with Crippen LogP contribution in [-0.2, 0) is 0 Å². The number of aromatic nitrogens is 2. The topological polar surface area (TPSA) is 72.4 Å². The van der Waals surface area contributed by atoms with E-state index in [1.165, 1.54) is 11.2 Å². The summed E-state index contributed by atoms with van der Waals surface area (Å²) >= 11 is 0.875. The van der Waals surface area contributed by atoms with E-state index in [0.29, 0.717) is 5.76 Å². The van der Waals surface area contributed by atoms with E-state index in [1.54, 1.807) is 26.2 Å². The van der Waals surface area contributed by atoms with E-state index in [4.69, 9.17) is 8.83 Å². The minimum Gasteiger partial charge on any atom is -0.459 e. The summed E-state index contributed by atoms with van der Waals surface area (Å²) in [5, 5.41) is 7.53. The Morgan fingerprint density at radius 2 is 2.25 bits per heavy atom. The molecule has 2 aromatic rings. The Kier molecular flexibility index (Phi) is 2.95. The Hall–Kier alpha value is -1.76. The first-order chi connectivity index (χ1) is 7.66. The summed E-state index contributed by atoms with van der Waals surface area (Å²) in [5.74, 6) is 0.746. The van der Waals surface area contributed by atoms with Crippen molar-refractivity contribution in [3.63, 3.8) is 0 Å². The van der Waals surface area contributed by atoms with E-state index in [0.717, 1.165) is 11.8 Å². The molecular formula is C9H9N3O3S. The van der Waals surface area contributed by atoms with Crippen molar-refractivity contribution < 1.29 is 13.6 Å². The summed E-state index contributed by atoms with van der Waals surface area (Å²) < 4.78 is 10.3. The number of hydrogen-bond donors (Lipinski definition) is 0. The van der Waals surface area contributed by atoms with Crippen molar-refractivity contribution in [3.8, 4) is 11.7 Å². The van der Waals surface area contributed by atoms with Gasteiger partial charge in [-0.25, -0.2) is 0 Å². The number of rotatable bonds is 2. The van der Waals surface area contributed by atoms with Crippen LogP contribution in [0.5, 0.6) is 0 Å². The molecule has 2 heterocycles. The molecule has 0 fully saturated rings. The standard InChI is InChI=1S/C9H9N3O3S/c1-12(2)9(13)16-8-11-10-7(15-8)6-4-3-5-14-6/h3-5H,1-2H3. The van der Waals surface area contributed by atoms with E-state index >= 15 is 0 Å². The zero-order valence-corrected chi connectivity index (χ0v) is 9.52. The van der Waals surface area contributed by atoms with Gasteiger partial charge in [0.05, 0.1) is 6.26 Å². The van der Waals surface area contributed by atoms with Gasteiger partial charge in [-0.3, -0.25) is 4.79 Å². The molecule has 0 spiro atoms. The molecule has 0 bridgehead atoms. The first kappa shape index (κ1) is 10.7. The van der Waals surface area contributed by atoms with Crippen molar-refractivity contribution >= 4 is 17.0 Å². The van der Waals surface area contributed by atoms with Crippen LogP contribution in [0.2, 0.25) is 0 Å². The Bertz CT molecular complexity index is 478. The number of thioether (sulfide) groups is 1. The first-order valence-corrected chi connectivity index (χ1v) is 5.25. The van der Waals surface area contributed by atoms with Crippen LogP contribution in [0.1, 0.15) is 0 Å². The Morgan fingerprint density at radius 3 is 2.88 bits per heavy atom. The van der Waals surface area contributed by atoms with Gasteiger partial charge in [-0.15, -0.1) is 10.2 Å². The van der Waals surface area contributed by atoms with Gasteiger partial charge in [0.2, 0.25) is 0 Å². The lowest BCUT2D eigenvalue weighted by Crippen LogP contribution is -2.16. The molecule has 0 aliphatic rings. The summed E-state index contributed by atoms with van der Waals surface area (Å²) in [6.07, 6.45) is 1.51. The number of amides is 1. The third-order valence-corrected chi connectivity index (χ3v) is 2.56. The van der Waals surface area contributed by atoms with Gasteiger partial charge in [0.1, 0.15) is 0 Å². The summed E-state index contributed by atoms with van der Waals surface area (Å²) in [7, 11) is 3.30. The van der Waals surface area contributed by atoms with E-state index in [9.17, 15) is 4.79 Å². The molecule has 0 aliphatic heterocycles. The lowest BCUT2D eigenvalue weighted by molar-refractivity contribution is 0.241. The lowest BCUT2D eigenvalue weighted by Gasteiger charge is -2.05. The van der Waals surface area contributed by atoms with Crippen LogP contribution in [0, 0.1) is 0 Å². The number of carbonyl (C=O) groups is 1. The Morgan fingerprint density at radius 1 is 1.44 bits per heavy atom. The summed E-state index contributed by atoms with van der Waals surface area (Å²) in [6, 6.07) is 3.42. The Balaban J connectivity index is 2.11. The van der Waals surface area contributed by atoms with E-state index in [1.807, 2.05) is 0 Å². The van der Waals surface area contributed by atoms with Gasteiger partial charge < -0.3 is 13.7 Å². The maximum Gasteiger partial charge on any atom is 0.290 e. The van der Waals surface area contributed by atoms with E-state index < -0.39 is 0 Å². The molecule has 1 amide bonds. The van der Waals surface area contributed by atoms with Gasteiger partial charge in [0.25, 0.3) is 16.4 Å². The zero-order valence-electron chi connectivity index (χ0n) is 8.71. The van der Waals surface area contributed by atoms with Crippen LogP contribution >= 0.6 is 11.8 Å². The molecule has 0 saturated carbocycles. The van der Waals surface area contributed by atoms with Crippen LogP contribution in [0.3, 0.4) is 0 Å². The molecule has 0 radical (unpaired) electrons. The van der Waals surface area contributed by atoms with Crippen LogP contribution in [0.15, 0.2) is 32.5 Å². The second kappa shape index (κ2) is 4.40. The fraction of sp³-hybridized carbons (Fsp3) is 0.222. The number of carbonyl (C=O) groups excluding carboxylic acids is 1. The van der Waals surface area contributed by atoms with Crippen LogP contribution < -0.4 is 0 Å². The highest BCUT2D eigenvalue weighted by Crippen LogP contribution is 2.24. The van der Waals surface area contributed by atoms with Gasteiger partial charge in [-0.1, -0.05) is 0 Å². The van der Waals surface area contributed by atoms with Crippen LogP contribution in [0.4, 0.5) is 4.79 Å². The molecule has 6 nitrogen and oxygen atoms in total. The molecule has 2 rings (SSSR count). The minimum atomic E-state index is -0.172. The summed E-state index contributed by atoms with van der Waals surface area (Å²) in [6.45, 7) is 0. The average Bonchev–Trinajstić information content (AvgIpc) is 2.85. The summed E-state index contributed by atoms with van der Waals surface area (Å²) in [5.41, 5.74) is 0. The Labute approximate surface area is 95.6 Å². The van der Waals surface area contributed by atoms with Crippen molar-refractivity contribution in [2.24, 2.45) is 0 Å². The maximum atomic E-state index is 11.3. The first-order valence-electron chi connectivity index (χ1n) is 4.43. The molecule has 0 unspecified atom stereocenters. The second-order valence-electron chi connectivity index (χ2n) is 3.11. The molecule has 16 heavy (non-hydrogen) atoms. The number of furan rings is 1. The fourth-order valence-electron chi connectivity index (χ4n) is 0.917. The van der Waals surface area contributed by atoms with Gasteiger partial charge in [-0.05, 0) is 12.1 Å². The largest absolute Gasteiger partial charge is 0.459 e. The minimum absolute atomic E-state index is 0.172.